The average molecular weight is 248 g/mol. The molecule has 1 aromatic rings. The van der Waals surface area contributed by atoms with Gasteiger partial charge in [0.15, 0.2) is 0 Å². The first-order valence-electron chi connectivity index (χ1n) is 6.71. The smallest absolute Gasteiger partial charge is 0.227 e. The SMILES string of the molecule is CCC(C(=O)NCC(C)CCN)c1ccccc1. The lowest BCUT2D eigenvalue weighted by Crippen LogP contribution is -2.33. The van der Waals surface area contributed by atoms with Crippen molar-refractivity contribution in [3.05, 3.63) is 35.9 Å². The highest BCUT2D eigenvalue weighted by Crippen LogP contribution is 2.19. The Morgan fingerprint density at radius 2 is 2.00 bits per heavy atom. The molecule has 18 heavy (non-hydrogen) atoms. The summed E-state index contributed by atoms with van der Waals surface area (Å²) in [5.41, 5.74) is 6.59. The first kappa shape index (κ1) is 14.7. The number of rotatable bonds is 7. The summed E-state index contributed by atoms with van der Waals surface area (Å²) < 4.78 is 0. The van der Waals surface area contributed by atoms with Crippen molar-refractivity contribution in [1.82, 2.24) is 5.32 Å². The minimum Gasteiger partial charge on any atom is -0.355 e. The molecule has 3 nitrogen and oxygen atoms in total. The van der Waals surface area contributed by atoms with Crippen LogP contribution in [0.3, 0.4) is 0 Å². The van der Waals surface area contributed by atoms with Crippen molar-refractivity contribution < 1.29 is 4.79 Å². The van der Waals surface area contributed by atoms with Gasteiger partial charge in [-0.2, -0.15) is 0 Å². The lowest BCUT2D eigenvalue weighted by molar-refractivity contribution is -0.122. The van der Waals surface area contributed by atoms with Crippen molar-refractivity contribution >= 4 is 5.91 Å². The van der Waals surface area contributed by atoms with Crippen LogP contribution in [0.1, 0.15) is 38.2 Å². The van der Waals surface area contributed by atoms with Gasteiger partial charge < -0.3 is 11.1 Å². The Balaban J connectivity index is 2.53. The third-order valence-electron chi connectivity index (χ3n) is 3.21. The topological polar surface area (TPSA) is 55.1 Å². The Labute approximate surface area is 110 Å². The van der Waals surface area contributed by atoms with Crippen molar-refractivity contribution in [2.45, 2.75) is 32.6 Å². The minimum absolute atomic E-state index is 0.0451. The highest BCUT2D eigenvalue weighted by atomic mass is 16.1. The number of nitrogens with two attached hydrogens (primary N) is 1. The van der Waals surface area contributed by atoms with Gasteiger partial charge in [0, 0.05) is 6.54 Å². The molecule has 2 atom stereocenters. The second kappa shape index (κ2) is 7.88. The normalized spacial score (nSPS) is 13.9. The Morgan fingerprint density at radius 3 is 2.56 bits per heavy atom. The quantitative estimate of drug-likeness (QED) is 0.778. The van der Waals surface area contributed by atoms with Gasteiger partial charge in [0.2, 0.25) is 5.91 Å². The minimum atomic E-state index is -0.0451. The van der Waals surface area contributed by atoms with Gasteiger partial charge in [0.05, 0.1) is 5.92 Å². The summed E-state index contributed by atoms with van der Waals surface area (Å²) in [4.78, 5) is 12.1. The van der Waals surface area contributed by atoms with Crippen LogP contribution >= 0.6 is 0 Å². The molecule has 3 N–H and O–H groups in total. The molecule has 0 fully saturated rings. The highest BCUT2D eigenvalue weighted by molar-refractivity contribution is 5.83. The van der Waals surface area contributed by atoms with Gasteiger partial charge in [-0.1, -0.05) is 44.2 Å². The Morgan fingerprint density at radius 1 is 1.33 bits per heavy atom. The molecule has 1 rings (SSSR count). The second-order valence-corrected chi connectivity index (χ2v) is 4.80. The molecule has 0 aliphatic rings. The fourth-order valence-electron chi connectivity index (χ4n) is 2.04. The standard InChI is InChI=1S/C15H24N2O/c1-3-14(13-7-5-4-6-8-13)15(18)17-11-12(2)9-10-16/h4-8,12,14H,3,9-11,16H2,1-2H3,(H,17,18). The van der Waals surface area contributed by atoms with Crippen LogP contribution in [-0.4, -0.2) is 19.0 Å². The van der Waals surface area contributed by atoms with E-state index in [1.54, 1.807) is 0 Å². The summed E-state index contributed by atoms with van der Waals surface area (Å²) in [6.45, 7) is 5.53. The largest absolute Gasteiger partial charge is 0.355 e. The van der Waals surface area contributed by atoms with Gasteiger partial charge in [0.25, 0.3) is 0 Å². The van der Waals surface area contributed by atoms with Crippen molar-refractivity contribution in [3.8, 4) is 0 Å². The molecule has 3 heteroatoms. The molecule has 0 saturated heterocycles. The lowest BCUT2D eigenvalue weighted by atomic mass is 9.95. The van der Waals surface area contributed by atoms with Crippen LogP contribution < -0.4 is 11.1 Å². The third kappa shape index (κ3) is 4.49. The Bertz CT molecular complexity index is 351. The summed E-state index contributed by atoms with van der Waals surface area (Å²) in [5, 5.41) is 3.02. The molecule has 0 spiro atoms. The van der Waals surface area contributed by atoms with Crippen LogP contribution in [-0.2, 0) is 4.79 Å². The van der Waals surface area contributed by atoms with E-state index in [0.29, 0.717) is 19.0 Å². The van der Waals surface area contributed by atoms with Crippen LogP contribution in [0.4, 0.5) is 0 Å². The van der Waals surface area contributed by atoms with Gasteiger partial charge in [-0.3, -0.25) is 4.79 Å². The van der Waals surface area contributed by atoms with Crippen LogP contribution in [0.2, 0.25) is 0 Å². The number of benzene rings is 1. The first-order valence-corrected chi connectivity index (χ1v) is 6.71. The van der Waals surface area contributed by atoms with Crippen molar-refractivity contribution in [2.75, 3.05) is 13.1 Å². The van der Waals surface area contributed by atoms with E-state index in [4.69, 9.17) is 5.73 Å². The van der Waals surface area contributed by atoms with Crippen LogP contribution in [0, 0.1) is 5.92 Å². The van der Waals surface area contributed by atoms with Gasteiger partial charge in [-0.25, -0.2) is 0 Å². The molecular formula is C15H24N2O. The lowest BCUT2D eigenvalue weighted by Gasteiger charge is -2.17. The van der Waals surface area contributed by atoms with E-state index in [9.17, 15) is 4.79 Å². The molecule has 0 aromatic heterocycles. The summed E-state index contributed by atoms with van der Waals surface area (Å²) >= 11 is 0. The predicted molar refractivity (Wildman–Crippen MR) is 75.3 cm³/mol. The summed E-state index contributed by atoms with van der Waals surface area (Å²) in [5.74, 6) is 0.510. The van der Waals surface area contributed by atoms with E-state index in [0.717, 1.165) is 18.4 Å². The van der Waals surface area contributed by atoms with Gasteiger partial charge in [-0.05, 0) is 30.9 Å². The van der Waals surface area contributed by atoms with Crippen molar-refractivity contribution in [3.63, 3.8) is 0 Å². The fourth-order valence-corrected chi connectivity index (χ4v) is 2.04. The summed E-state index contributed by atoms with van der Waals surface area (Å²) in [7, 11) is 0. The summed E-state index contributed by atoms with van der Waals surface area (Å²) in [6, 6.07) is 9.94. The number of carbonyl (C=O) groups excluding carboxylic acids is 1. The number of hydrogen-bond donors (Lipinski definition) is 2. The zero-order valence-electron chi connectivity index (χ0n) is 11.4. The second-order valence-electron chi connectivity index (χ2n) is 4.80. The van der Waals surface area contributed by atoms with Gasteiger partial charge in [-0.15, -0.1) is 0 Å². The maximum absolute atomic E-state index is 12.1. The zero-order chi connectivity index (χ0) is 13.4. The fraction of sp³-hybridized carbons (Fsp3) is 0.533. The van der Waals surface area contributed by atoms with Crippen molar-refractivity contribution in [1.29, 1.82) is 0 Å². The molecule has 0 aliphatic heterocycles. The van der Waals surface area contributed by atoms with E-state index in [1.165, 1.54) is 0 Å². The number of amides is 1. The molecule has 0 saturated carbocycles. The van der Waals surface area contributed by atoms with Crippen LogP contribution in [0.25, 0.3) is 0 Å². The van der Waals surface area contributed by atoms with E-state index >= 15 is 0 Å². The average Bonchev–Trinajstić information content (AvgIpc) is 2.39. The Kier molecular flexibility index (Phi) is 6.44. The molecule has 100 valence electrons. The van der Waals surface area contributed by atoms with Crippen LogP contribution in [0.15, 0.2) is 30.3 Å². The molecule has 0 aliphatic carbocycles. The predicted octanol–water partition coefficient (Wildman–Crippen LogP) is 2.28. The van der Waals surface area contributed by atoms with Gasteiger partial charge >= 0.3 is 0 Å². The number of nitrogens with one attached hydrogen (secondary N) is 1. The molecule has 1 aromatic carbocycles. The zero-order valence-corrected chi connectivity index (χ0v) is 11.4. The van der Waals surface area contributed by atoms with Gasteiger partial charge in [0.1, 0.15) is 0 Å². The van der Waals surface area contributed by atoms with E-state index in [2.05, 4.69) is 12.2 Å². The highest BCUT2D eigenvalue weighted by Gasteiger charge is 2.18. The first-order chi connectivity index (χ1) is 8.69. The van der Waals surface area contributed by atoms with E-state index in [1.807, 2.05) is 37.3 Å². The summed E-state index contributed by atoms with van der Waals surface area (Å²) in [6.07, 6.45) is 1.77. The number of hydrogen-bond acceptors (Lipinski definition) is 2. The molecule has 0 radical (unpaired) electrons. The monoisotopic (exact) mass is 248 g/mol. The van der Waals surface area contributed by atoms with E-state index in [-0.39, 0.29) is 11.8 Å². The van der Waals surface area contributed by atoms with E-state index < -0.39 is 0 Å². The molecule has 0 bridgehead atoms. The molecule has 2 unspecified atom stereocenters. The molecule has 0 heterocycles. The Hall–Kier alpha value is -1.35. The number of carbonyl (C=O) groups is 1. The van der Waals surface area contributed by atoms with Crippen molar-refractivity contribution in [2.24, 2.45) is 11.7 Å². The maximum atomic E-state index is 12.1. The van der Waals surface area contributed by atoms with Crippen LogP contribution in [0.5, 0.6) is 0 Å². The molecular weight excluding hydrogens is 224 g/mol. The maximum Gasteiger partial charge on any atom is 0.227 e. The molecule has 1 amide bonds. The third-order valence-corrected chi connectivity index (χ3v) is 3.21.